The summed E-state index contributed by atoms with van der Waals surface area (Å²) >= 11 is 1.62. The lowest BCUT2D eigenvalue weighted by atomic mass is 10.2. The van der Waals surface area contributed by atoms with Crippen molar-refractivity contribution < 1.29 is 9.53 Å². The number of hydrogen-bond acceptors (Lipinski definition) is 7. The molecule has 0 fully saturated rings. The van der Waals surface area contributed by atoms with Crippen LogP contribution in [0.4, 0.5) is 5.95 Å². The Hall–Kier alpha value is -2.02. The van der Waals surface area contributed by atoms with Gasteiger partial charge in [0, 0.05) is 17.3 Å². The topological polar surface area (TPSA) is 77.0 Å². The van der Waals surface area contributed by atoms with E-state index in [0.29, 0.717) is 30.4 Å². The molecule has 0 atom stereocenters. The number of nitrogens with zero attached hydrogens (tertiary/aromatic N) is 3. The van der Waals surface area contributed by atoms with Crippen LogP contribution in [0.2, 0.25) is 0 Å². The number of carbonyl (C=O) groups is 1. The molecular weight excluding hydrogens is 276 g/mol. The Bertz CT molecular complexity index is 612. The largest absolute Gasteiger partial charge is 0.462 e. The highest BCUT2D eigenvalue weighted by Crippen LogP contribution is 2.13. The fraction of sp³-hybridized carbons (Fsp3) is 0.385. The van der Waals surface area contributed by atoms with Gasteiger partial charge in [0.2, 0.25) is 5.95 Å². The summed E-state index contributed by atoms with van der Waals surface area (Å²) in [6.45, 7) is 6.43. The first-order valence-electron chi connectivity index (χ1n) is 6.26. The molecule has 106 valence electrons. The fourth-order valence-corrected chi connectivity index (χ4v) is 2.33. The standard InChI is InChI=1S/C13H16N4O2S/c1-4-19-12(18)10-6-15-13(17-9(10)3)16-7-11-14-5-8(2)20-11/h5-6H,4,7H2,1-3H3,(H,15,16,17). The summed E-state index contributed by atoms with van der Waals surface area (Å²) in [4.78, 5) is 25.4. The molecule has 6 nitrogen and oxygen atoms in total. The Morgan fingerprint density at radius 3 is 2.75 bits per heavy atom. The molecule has 1 N–H and O–H groups in total. The molecule has 0 spiro atoms. The normalized spacial score (nSPS) is 10.3. The number of ether oxygens (including phenoxy) is 1. The van der Waals surface area contributed by atoms with Gasteiger partial charge in [0.05, 0.1) is 24.4 Å². The predicted octanol–water partition coefficient (Wildman–Crippen LogP) is 2.34. The van der Waals surface area contributed by atoms with Crippen LogP contribution in [-0.2, 0) is 11.3 Å². The summed E-state index contributed by atoms with van der Waals surface area (Å²) in [7, 11) is 0. The lowest BCUT2D eigenvalue weighted by molar-refractivity contribution is 0.0524. The van der Waals surface area contributed by atoms with Crippen LogP contribution in [0.25, 0.3) is 0 Å². The fourth-order valence-electron chi connectivity index (χ4n) is 1.60. The van der Waals surface area contributed by atoms with Crippen molar-refractivity contribution in [3.63, 3.8) is 0 Å². The third kappa shape index (κ3) is 3.51. The lowest BCUT2D eigenvalue weighted by Gasteiger charge is -2.07. The van der Waals surface area contributed by atoms with E-state index in [9.17, 15) is 4.79 Å². The zero-order valence-electron chi connectivity index (χ0n) is 11.6. The Labute approximate surface area is 121 Å². The van der Waals surface area contributed by atoms with Gasteiger partial charge in [0.15, 0.2) is 0 Å². The first-order valence-corrected chi connectivity index (χ1v) is 7.07. The van der Waals surface area contributed by atoms with E-state index < -0.39 is 5.97 Å². The number of rotatable bonds is 5. The summed E-state index contributed by atoms with van der Waals surface area (Å²) in [5, 5.41) is 4.06. The Morgan fingerprint density at radius 1 is 1.35 bits per heavy atom. The van der Waals surface area contributed by atoms with E-state index in [2.05, 4.69) is 20.3 Å². The van der Waals surface area contributed by atoms with Gasteiger partial charge in [-0.05, 0) is 20.8 Å². The minimum atomic E-state index is -0.396. The number of hydrogen-bond donors (Lipinski definition) is 1. The van der Waals surface area contributed by atoms with Crippen LogP contribution in [-0.4, -0.2) is 27.5 Å². The molecule has 0 aliphatic heterocycles. The van der Waals surface area contributed by atoms with Crippen molar-refractivity contribution in [2.24, 2.45) is 0 Å². The summed E-state index contributed by atoms with van der Waals surface area (Å²) in [5.41, 5.74) is 0.985. The first-order chi connectivity index (χ1) is 9.60. The molecule has 0 aromatic carbocycles. The molecule has 2 rings (SSSR count). The maximum absolute atomic E-state index is 11.6. The number of carbonyl (C=O) groups excluding carboxylic acids is 1. The molecule has 0 amide bonds. The second-order valence-electron chi connectivity index (χ2n) is 4.13. The Morgan fingerprint density at radius 2 is 2.15 bits per heavy atom. The maximum Gasteiger partial charge on any atom is 0.341 e. The van der Waals surface area contributed by atoms with Gasteiger partial charge in [0.25, 0.3) is 0 Å². The molecule has 7 heteroatoms. The van der Waals surface area contributed by atoms with Crippen LogP contribution >= 0.6 is 11.3 Å². The quantitative estimate of drug-likeness (QED) is 0.852. The van der Waals surface area contributed by atoms with Gasteiger partial charge in [-0.1, -0.05) is 0 Å². The van der Waals surface area contributed by atoms with Crippen molar-refractivity contribution in [2.45, 2.75) is 27.3 Å². The van der Waals surface area contributed by atoms with Crippen molar-refractivity contribution in [1.29, 1.82) is 0 Å². The van der Waals surface area contributed by atoms with Gasteiger partial charge in [-0.3, -0.25) is 0 Å². The number of aromatic nitrogens is 3. The lowest BCUT2D eigenvalue weighted by Crippen LogP contribution is -2.11. The molecule has 0 radical (unpaired) electrons. The molecular formula is C13H16N4O2S. The van der Waals surface area contributed by atoms with E-state index in [-0.39, 0.29) is 0 Å². The van der Waals surface area contributed by atoms with Crippen molar-refractivity contribution in [3.05, 3.63) is 33.5 Å². The smallest absolute Gasteiger partial charge is 0.341 e. The molecule has 0 bridgehead atoms. The molecule has 0 unspecified atom stereocenters. The molecule has 20 heavy (non-hydrogen) atoms. The minimum Gasteiger partial charge on any atom is -0.462 e. The van der Waals surface area contributed by atoms with Gasteiger partial charge >= 0.3 is 5.97 Å². The predicted molar refractivity (Wildman–Crippen MR) is 76.9 cm³/mol. The average molecular weight is 292 g/mol. The zero-order valence-corrected chi connectivity index (χ0v) is 12.5. The maximum atomic E-state index is 11.6. The Kier molecular flexibility index (Phi) is 4.62. The summed E-state index contributed by atoms with van der Waals surface area (Å²) < 4.78 is 4.93. The number of esters is 1. The van der Waals surface area contributed by atoms with E-state index in [4.69, 9.17) is 4.74 Å². The molecule has 2 aromatic heterocycles. The van der Waals surface area contributed by atoms with Crippen LogP contribution in [0.5, 0.6) is 0 Å². The first kappa shape index (κ1) is 14.4. The van der Waals surface area contributed by atoms with Crippen LogP contribution in [0.15, 0.2) is 12.4 Å². The highest BCUT2D eigenvalue weighted by Gasteiger charge is 2.12. The third-order valence-electron chi connectivity index (χ3n) is 2.54. The molecule has 2 aromatic rings. The van der Waals surface area contributed by atoms with Crippen molar-refractivity contribution in [3.8, 4) is 0 Å². The SMILES string of the molecule is CCOC(=O)c1cnc(NCc2ncc(C)s2)nc1C. The monoisotopic (exact) mass is 292 g/mol. The van der Waals surface area contributed by atoms with E-state index in [1.54, 1.807) is 25.2 Å². The molecule has 0 aliphatic carbocycles. The third-order valence-corrected chi connectivity index (χ3v) is 3.45. The van der Waals surface area contributed by atoms with Crippen LogP contribution in [0, 0.1) is 13.8 Å². The van der Waals surface area contributed by atoms with Gasteiger partial charge in [0.1, 0.15) is 5.01 Å². The molecule has 2 heterocycles. The van der Waals surface area contributed by atoms with Crippen LogP contribution in [0.1, 0.15) is 32.9 Å². The van der Waals surface area contributed by atoms with E-state index in [1.807, 2.05) is 13.1 Å². The zero-order chi connectivity index (χ0) is 14.5. The average Bonchev–Trinajstić information content (AvgIpc) is 2.82. The number of aryl methyl sites for hydroxylation is 2. The van der Waals surface area contributed by atoms with E-state index in [0.717, 1.165) is 9.88 Å². The molecule has 0 saturated carbocycles. The number of anilines is 1. The summed E-state index contributed by atoms with van der Waals surface area (Å²) in [6.07, 6.45) is 3.31. The summed E-state index contributed by atoms with van der Waals surface area (Å²) in [5.74, 6) is 0.0792. The molecule has 0 aliphatic rings. The van der Waals surface area contributed by atoms with Gasteiger partial charge in [-0.15, -0.1) is 11.3 Å². The number of thiazole rings is 1. The second-order valence-corrected chi connectivity index (χ2v) is 5.45. The number of nitrogens with one attached hydrogen (secondary N) is 1. The van der Waals surface area contributed by atoms with Crippen molar-refractivity contribution in [2.75, 3.05) is 11.9 Å². The Balaban J connectivity index is 2.03. The van der Waals surface area contributed by atoms with Crippen LogP contribution in [0.3, 0.4) is 0 Å². The van der Waals surface area contributed by atoms with E-state index in [1.165, 1.54) is 6.20 Å². The highest BCUT2D eigenvalue weighted by molar-refractivity contribution is 7.11. The van der Waals surface area contributed by atoms with Gasteiger partial charge in [-0.2, -0.15) is 0 Å². The van der Waals surface area contributed by atoms with Crippen molar-refractivity contribution in [1.82, 2.24) is 15.0 Å². The summed E-state index contributed by atoms with van der Waals surface area (Å²) in [6, 6.07) is 0. The van der Waals surface area contributed by atoms with E-state index >= 15 is 0 Å². The minimum absolute atomic E-state index is 0.335. The van der Waals surface area contributed by atoms with Crippen molar-refractivity contribution >= 4 is 23.3 Å². The highest BCUT2D eigenvalue weighted by atomic mass is 32.1. The second kappa shape index (κ2) is 6.42. The van der Waals surface area contributed by atoms with Gasteiger partial charge < -0.3 is 10.1 Å². The molecule has 0 saturated heterocycles. The van der Waals surface area contributed by atoms with Crippen LogP contribution < -0.4 is 5.32 Å². The van der Waals surface area contributed by atoms with Gasteiger partial charge in [-0.25, -0.2) is 19.7 Å².